The summed E-state index contributed by atoms with van der Waals surface area (Å²) < 4.78 is 0. The van der Waals surface area contributed by atoms with Gasteiger partial charge in [0.1, 0.15) is 6.04 Å². The van der Waals surface area contributed by atoms with Crippen molar-refractivity contribution in [3.63, 3.8) is 0 Å². The number of amides is 1. The highest BCUT2D eigenvalue weighted by atomic mass is 32.2. The minimum atomic E-state index is -1.09. The van der Waals surface area contributed by atoms with Gasteiger partial charge in [-0.1, -0.05) is 30.4 Å². The molecule has 1 amide bonds. The van der Waals surface area contributed by atoms with Crippen LogP contribution in [0, 0.1) is 5.92 Å². The fourth-order valence-corrected chi connectivity index (χ4v) is 3.91. The molecule has 0 spiro atoms. The third-order valence-electron chi connectivity index (χ3n) is 3.15. The van der Waals surface area contributed by atoms with Crippen LogP contribution in [0.3, 0.4) is 0 Å². The molecule has 0 aliphatic carbocycles. The summed E-state index contributed by atoms with van der Waals surface area (Å²) in [5.74, 6) is -1.46. The first-order chi connectivity index (χ1) is 9.73. The summed E-state index contributed by atoms with van der Waals surface area (Å²) in [6.45, 7) is 4.83. The highest BCUT2D eigenvalue weighted by Gasteiger charge is 2.43. The number of rotatable bonds is 5. The average Bonchev–Trinajstić information content (AvgIpc) is 2.77. The monoisotopic (exact) mass is 333 g/mol. The molecule has 0 aromatic rings. The molecule has 21 heavy (non-hydrogen) atoms. The van der Waals surface area contributed by atoms with Gasteiger partial charge in [0, 0.05) is 37.3 Å². The Morgan fingerprint density at radius 3 is 2.33 bits per heavy atom. The van der Waals surface area contributed by atoms with E-state index in [1.54, 1.807) is 6.92 Å². The predicted octanol–water partition coefficient (Wildman–Crippen LogP) is 1.24. The number of thioether (sulfide) groups is 2. The molecule has 1 aliphatic rings. The van der Waals surface area contributed by atoms with Gasteiger partial charge in [-0.05, 0) is 6.42 Å². The molecular formula is C13H19NO5S2. The summed E-state index contributed by atoms with van der Waals surface area (Å²) in [5, 5.41) is 8.71. The molecule has 1 rings (SSSR count). The smallest absolute Gasteiger partial charge is 0.327 e. The Labute approximate surface area is 132 Å². The van der Waals surface area contributed by atoms with Crippen LogP contribution in [0.15, 0.2) is 0 Å². The Hall–Kier alpha value is -1.02. The van der Waals surface area contributed by atoms with Gasteiger partial charge in [-0.15, -0.1) is 0 Å². The van der Waals surface area contributed by atoms with Crippen LogP contribution in [-0.4, -0.2) is 55.7 Å². The second-order valence-electron chi connectivity index (χ2n) is 4.95. The maximum absolute atomic E-state index is 12.3. The highest BCUT2D eigenvalue weighted by molar-refractivity contribution is 8.14. The van der Waals surface area contributed by atoms with E-state index < -0.39 is 23.2 Å². The first-order valence-electron chi connectivity index (χ1n) is 6.58. The van der Waals surface area contributed by atoms with Gasteiger partial charge in [0.2, 0.25) is 5.91 Å². The largest absolute Gasteiger partial charge is 0.480 e. The predicted molar refractivity (Wildman–Crippen MR) is 82.1 cm³/mol. The van der Waals surface area contributed by atoms with Crippen LogP contribution in [-0.2, 0) is 19.2 Å². The summed E-state index contributed by atoms with van der Waals surface area (Å²) in [6.07, 6.45) is 0.486. The summed E-state index contributed by atoms with van der Waals surface area (Å²) >= 11 is 2.03. The Morgan fingerprint density at radius 1 is 1.24 bits per heavy atom. The molecule has 118 valence electrons. The molecule has 1 saturated heterocycles. The normalized spacial score (nSPS) is 22.9. The zero-order chi connectivity index (χ0) is 16.2. The van der Waals surface area contributed by atoms with Crippen LogP contribution in [0.5, 0.6) is 0 Å². The van der Waals surface area contributed by atoms with Gasteiger partial charge in [0.15, 0.2) is 10.2 Å². The molecule has 6 nitrogen and oxygen atoms in total. The second kappa shape index (κ2) is 7.84. The molecule has 3 atom stereocenters. The van der Waals surface area contributed by atoms with Crippen LogP contribution < -0.4 is 0 Å². The van der Waals surface area contributed by atoms with E-state index in [1.165, 1.54) is 18.7 Å². The van der Waals surface area contributed by atoms with Crippen molar-refractivity contribution in [2.75, 3.05) is 12.3 Å². The van der Waals surface area contributed by atoms with Crippen molar-refractivity contribution in [2.24, 2.45) is 5.92 Å². The average molecular weight is 333 g/mol. The molecule has 0 bridgehead atoms. The summed E-state index contributed by atoms with van der Waals surface area (Å²) in [6, 6.07) is -0.976. The molecule has 1 fully saturated rings. The molecule has 0 aromatic carbocycles. The van der Waals surface area contributed by atoms with E-state index in [-0.39, 0.29) is 16.1 Å². The van der Waals surface area contributed by atoms with Crippen molar-refractivity contribution in [2.45, 2.75) is 38.5 Å². The summed E-state index contributed by atoms with van der Waals surface area (Å²) in [7, 11) is 0. The third kappa shape index (κ3) is 5.03. The van der Waals surface area contributed by atoms with Crippen LogP contribution in [0.1, 0.15) is 27.2 Å². The number of hydrogen-bond donors (Lipinski definition) is 1. The number of carbonyl (C=O) groups is 4. The topological polar surface area (TPSA) is 91.8 Å². The quantitative estimate of drug-likeness (QED) is 0.809. The Balaban J connectivity index is 2.76. The van der Waals surface area contributed by atoms with E-state index >= 15 is 0 Å². The Bertz CT molecular complexity index is 454. The SMILES string of the molecule is CC(=O)SCC(C)C(=O)N1CC[C@H](SC(C)=O)[C@H]1C(=O)O. The van der Waals surface area contributed by atoms with E-state index in [0.29, 0.717) is 18.7 Å². The van der Waals surface area contributed by atoms with E-state index in [4.69, 9.17) is 0 Å². The fraction of sp³-hybridized carbons (Fsp3) is 0.692. The van der Waals surface area contributed by atoms with E-state index in [0.717, 1.165) is 23.5 Å². The van der Waals surface area contributed by atoms with Crippen molar-refractivity contribution >= 4 is 45.6 Å². The summed E-state index contributed by atoms with van der Waals surface area (Å²) in [5.41, 5.74) is 0. The molecule has 0 radical (unpaired) electrons. The lowest BCUT2D eigenvalue weighted by Crippen LogP contribution is -2.46. The van der Waals surface area contributed by atoms with Crippen molar-refractivity contribution < 1.29 is 24.3 Å². The molecule has 1 aliphatic heterocycles. The van der Waals surface area contributed by atoms with Gasteiger partial charge in [-0.2, -0.15) is 0 Å². The third-order valence-corrected chi connectivity index (χ3v) is 5.36. The van der Waals surface area contributed by atoms with Gasteiger partial charge in [0.05, 0.1) is 0 Å². The van der Waals surface area contributed by atoms with Gasteiger partial charge in [0.25, 0.3) is 0 Å². The Kier molecular flexibility index (Phi) is 6.73. The van der Waals surface area contributed by atoms with Crippen LogP contribution in [0.4, 0.5) is 0 Å². The zero-order valence-electron chi connectivity index (χ0n) is 12.2. The molecule has 1 N–H and O–H groups in total. The number of carboxylic acids is 1. The standard InChI is InChI=1S/C13H19NO5S2/c1-7(6-20-8(2)15)12(17)14-5-4-10(21-9(3)16)11(14)13(18)19/h7,10-11H,4-6H2,1-3H3,(H,18,19)/t7?,10-,11-/m0/s1. The second-order valence-corrected chi connectivity index (χ2v) is 7.57. The van der Waals surface area contributed by atoms with Crippen molar-refractivity contribution in [3.05, 3.63) is 0 Å². The minimum Gasteiger partial charge on any atom is -0.480 e. The molecule has 1 unspecified atom stereocenters. The van der Waals surface area contributed by atoms with Crippen molar-refractivity contribution in [3.8, 4) is 0 Å². The van der Waals surface area contributed by atoms with Gasteiger partial charge in [-0.25, -0.2) is 4.79 Å². The number of aliphatic carboxylic acids is 1. The number of hydrogen-bond acceptors (Lipinski definition) is 6. The van der Waals surface area contributed by atoms with Gasteiger partial charge >= 0.3 is 5.97 Å². The van der Waals surface area contributed by atoms with Crippen molar-refractivity contribution in [1.29, 1.82) is 0 Å². The maximum Gasteiger partial charge on any atom is 0.327 e. The van der Waals surface area contributed by atoms with Gasteiger partial charge < -0.3 is 10.0 Å². The van der Waals surface area contributed by atoms with Crippen LogP contribution in [0.2, 0.25) is 0 Å². The number of nitrogens with zero attached hydrogens (tertiary/aromatic N) is 1. The van der Waals surface area contributed by atoms with E-state index in [2.05, 4.69) is 0 Å². The lowest BCUT2D eigenvalue weighted by atomic mass is 10.1. The summed E-state index contributed by atoms with van der Waals surface area (Å²) in [4.78, 5) is 47.2. The molecule has 0 saturated carbocycles. The lowest BCUT2D eigenvalue weighted by Gasteiger charge is -2.26. The van der Waals surface area contributed by atoms with E-state index in [9.17, 15) is 24.3 Å². The lowest BCUT2D eigenvalue weighted by molar-refractivity contribution is -0.149. The zero-order valence-corrected chi connectivity index (χ0v) is 13.8. The highest BCUT2D eigenvalue weighted by Crippen LogP contribution is 2.31. The first-order valence-corrected chi connectivity index (χ1v) is 8.44. The maximum atomic E-state index is 12.3. The number of carboxylic acid groups (broad SMARTS) is 1. The minimum absolute atomic E-state index is 0.0733. The van der Waals surface area contributed by atoms with E-state index in [1.807, 2.05) is 0 Å². The van der Waals surface area contributed by atoms with Gasteiger partial charge in [-0.3, -0.25) is 14.4 Å². The van der Waals surface area contributed by atoms with Crippen molar-refractivity contribution in [1.82, 2.24) is 4.90 Å². The van der Waals surface area contributed by atoms with Crippen LogP contribution in [0.25, 0.3) is 0 Å². The molecule has 8 heteroatoms. The van der Waals surface area contributed by atoms with Crippen LogP contribution >= 0.6 is 23.5 Å². The fourth-order valence-electron chi connectivity index (χ4n) is 2.24. The molecule has 0 aromatic heterocycles. The molecular weight excluding hydrogens is 314 g/mol. The first kappa shape index (κ1) is 18.0. The number of likely N-dealkylation sites (tertiary alicyclic amines) is 1. The Morgan fingerprint density at radius 2 is 1.86 bits per heavy atom. The molecule has 1 heterocycles. The number of carbonyl (C=O) groups excluding carboxylic acids is 3.